The van der Waals surface area contributed by atoms with E-state index in [4.69, 9.17) is 5.73 Å². The number of nitrogens with zero attached hydrogens (tertiary/aromatic N) is 5. The molecule has 0 saturated heterocycles. The van der Waals surface area contributed by atoms with Gasteiger partial charge < -0.3 is 10.6 Å². The monoisotopic (exact) mass is 312 g/mol. The minimum absolute atomic E-state index is 0.147. The standard InChI is InChI=1S/C15H16N6O2/c1-8-10(12(16)13-14(17-8)20-23-19-13)7-9-5-4-6-11(18-9)15(22)21(2)3/h4-6H,7,16H2,1-3H3. The summed E-state index contributed by atoms with van der Waals surface area (Å²) in [6, 6.07) is 5.33. The second kappa shape index (κ2) is 5.64. The largest absolute Gasteiger partial charge is 0.396 e. The zero-order chi connectivity index (χ0) is 16.6. The van der Waals surface area contributed by atoms with Crippen molar-refractivity contribution in [2.75, 3.05) is 19.8 Å². The number of anilines is 1. The topological polar surface area (TPSA) is 111 Å². The first-order valence-electron chi connectivity index (χ1n) is 7.02. The Morgan fingerprint density at radius 3 is 2.78 bits per heavy atom. The molecule has 3 rings (SSSR count). The number of fused-ring (bicyclic) bond motifs is 1. The molecule has 0 atom stereocenters. The molecule has 0 aliphatic rings. The molecular formula is C15H16N6O2. The molecule has 0 aliphatic heterocycles. The van der Waals surface area contributed by atoms with Crippen molar-refractivity contribution in [2.24, 2.45) is 0 Å². The number of carbonyl (C=O) groups is 1. The third kappa shape index (κ3) is 2.70. The number of nitrogen functional groups attached to an aromatic ring is 1. The van der Waals surface area contributed by atoms with Crippen LogP contribution in [0.25, 0.3) is 11.2 Å². The molecule has 0 bridgehead atoms. The summed E-state index contributed by atoms with van der Waals surface area (Å²) in [7, 11) is 3.38. The van der Waals surface area contributed by atoms with Crippen molar-refractivity contribution in [1.29, 1.82) is 0 Å². The molecular weight excluding hydrogens is 296 g/mol. The van der Waals surface area contributed by atoms with E-state index in [1.807, 2.05) is 13.0 Å². The Hall–Kier alpha value is -3.03. The van der Waals surface area contributed by atoms with Crippen LogP contribution in [-0.4, -0.2) is 45.2 Å². The molecule has 118 valence electrons. The first kappa shape index (κ1) is 14.9. The lowest BCUT2D eigenvalue weighted by Crippen LogP contribution is -2.23. The molecule has 8 nitrogen and oxygen atoms in total. The van der Waals surface area contributed by atoms with Crippen LogP contribution in [-0.2, 0) is 6.42 Å². The molecule has 8 heteroatoms. The number of carbonyl (C=O) groups excluding carboxylic acids is 1. The van der Waals surface area contributed by atoms with Gasteiger partial charge in [-0.3, -0.25) is 4.79 Å². The lowest BCUT2D eigenvalue weighted by atomic mass is 10.0. The smallest absolute Gasteiger partial charge is 0.271 e. The highest BCUT2D eigenvalue weighted by Gasteiger charge is 2.16. The predicted octanol–water partition coefficient (Wildman–Crippen LogP) is 1.20. The lowest BCUT2D eigenvalue weighted by molar-refractivity contribution is 0.0821. The normalized spacial score (nSPS) is 10.9. The average molecular weight is 312 g/mol. The maximum Gasteiger partial charge on any atom is 0.271 e. The fourth-order valence-electron chi connectivity index (χ4n) is 2.32. The fraction of sp³-hybridized carbons (Fsp3) is 0.267. The minimum Gasteiger partial charge on any atom is -0.396 e. The van der Waals surface area contributed by atoms with Crippen LogP contribution in [0.5, 0.6) is 0 Å². The molecule has 0 aliphatic carbocycles. The Balaban J connectivity index is 1.99. The highest BCUT2D eigenvalue weighted by Crippen LogP contribution is 2.25. The number of amides is 1. The summed E-state index contributed by atoms with van der Waals surface area (Å²) in [5.41, 5.74) is 10.1. The van der Waals surface area contributed by atoms with Crippen LogP contribution < -0.4 is 5.73 Å². The third-order valence-corrected chi connectivity index (χ3v) is 3.55. The molecule has 23 heavy (non-hydrogen) atoms. The zero-order valence-corrected chi connectivity index (χ0v) is 13.1. The highest BCUT2D eigenvalue weighted by molar-refractivity contribution is 5.92. The maximum absolute atomic E-state index is 12.0. The summed E-state index contributed by atoms with van der Waals surface area (Å²) in [6.45, 7) is 1.84. The molecule has 3 heterocycles. The Morgan fingerprint density at radius 1 is 1.26 bits per heavy atom. The number of hydrogen-bond acceptors (Lipinski definition) is 7. The van der Waals surface area contributed by atoms with Crippen LogP contribution in [0.1, 0.15) is 27.4 Å². The first-order valence-corrected chi connectivity index (χ1v) is 7.02. The van der Waals surface area contributed by atoms with E-state index in [1.54, 1.807) is 26.2 Å². The third-order valence-electron chi connectivity index (χ3n) is 3.55. The molecule has 0 unspecified atom stereocenters. The van der Waals surface area contributed by atoms with Crippen LogP contribution in [0.2, 0.25) is 0 Å². The van der Waals surface area contributed by atoms with Gasteiger partial charge in [-0.1, -0.05) is 6.07 Å². The zero-order valence-electron chi connectivity index (χ0n) is 13.1. The van der Waals surface area contributed by atoms with E-state index in [-0.39, 0.29) is 5.91 Å². The van der Waals surface area contributed by atoms with Crippen molar-refractivity contribution < 1.29 is 9.42 Å². The van der Waals surface area contributed by atoms with Crippen molar-refractivity contribution in [1.82, 2.24) is 25.2 Å². The van der Waals surface area contributed by atoms with Gasteiger partial charge in [-0.25, -0.2) is 14.6 Å². The van der Waals surface area contributed by atoms with Crippen molar-refractivity contribution in [3.05, 3.63) is 40.8 Å². The number of nitrogens with two attached hydrogens (primary N) is 1. The van der Waals surface area contributed by atoms with Gasteiger partial charge in [-0.2, -0.15) is 0 Å². The summed E-state index contributed by atoms with van der Waals surface area (Å²) >= 11 is 0. The minimum atomic E-state index is -0.147. The Bertz CT molecular complexity index is 887. The van der Waals surface area contributed by atoms with E-state index < -0.39 is 0 Å². The fourth-order valence-corrected chi connectivity index (χ4v) is 2.32. The van der Waals surface area contributed by atoms with Crippen LogP contribution in [0.3, 0.4) is 0 Å². The van der Waals surface area contributed by atoms with E-state index >= 15 is 0 Å². The summed E-state index contributed by atoms with van der Waals surface area (Å²) in [5, 5.41) is 7.48. The van der Waals surface area contributed by atoms with Gasteiger partial charge in [-0.15, -0.1) is 0 Å². The van der Waals surface area contributed by atoms with Crippen LogP contribution in [0.4, 0.5) is 5.69 Å². The second-order valence-electron chi connectivity index (χ2n) is 5.42. The molecule has 2 N–H and O–H groups in total. The number of pyridine rings is 2. The molecule has 0 radical (unpaired) electrons. The van der Waals surface area contributed by atoms with Crippen LogP contribution in [0.15, 0.2) is 22.8 Å². The molecule has 0 aromatic carbocycles. The average Bonchev–Trinajstić information content (AvgIpc) is 2.99. The van der Waals surface area contributed by atoms with Gasteiger partial charge in [0, 0.05) is 37.5 Å². The maximum atomic E-state index is 12.0. The molecule has 0 spiro atoms. The highest BCUT2D eigenvalue weighted by atomic mass is 16.6. The number of aryl methyl sites for hydroxylation is 1. The van der Waals surface area contributed by atoms with Gasteiger partial charge in [0.15, 0.2) is 5.52 Å². The number of rotatable bonds is 3. The van der Waals surface area contributed by atoms with Gasteiger partial charge in [0.2, 0.25) is 5.65 Å². The Kier molecular flexibility index (Phi) is 3.65. The van der Waals surface area contributed by atoms with Gasteiger partial charge in [-0.05, 0) is 29.4 Å². The van der Waals surface area contributed by atoms with Crippen molar-refractivity contribution >= 4 is 22.8 Å². The van der Waals surface area contributed by atoms with Gasteiger partial charge in [0.1, 0.15) is 5.69 Å². The van der Waals surface area contributed by atoms with Gasteiger partial charge >= 0.3 is 0 Å². The summed E-state index contributed by atoms with van der Waals surface area (Å²) in [5.74, 6) is -0.147. The number of aromatic nitrogens is 4. The van der Waals surface area contributed by atoms with E-state index in [9.17, 15) is 4.79 Å². The summed E-state index contributed by atoms with van der Waals surface area (Å²) in [6.07, 6.45) is 0.446. The van der Waals surface area contributed by atoms with E-state index in [2.05, 4.69) is 24.9 Å². The summed E-state index contributed by atoms with van der Waals surface area (Å²) in [4.78, 5) is 22.2. The first-order chi connectivity index (χ1) is 11.0. The van der Waals surface area contributed by atoms with Crippen LogP contribution in [0, 0.1) is 6.92 Å². The van der Waals surface area contributed by atoms with Crippen LogP contribution >= 0.6 is 0 Å². The molecule has 0 saturated carbocycles. The molecule has 3 aromatic rings. The van der Waals surface area contributed by atoms with Crippen molar-refractivity contribution in [3.63, 3.8) is 0 Å². The van der Waals surface area contributed by atoms with E-state index in [0.29, 0.717) is 29.0 Å². The van der Waals surface area contributed by atoms with E-state index in [0.717, 1.165) is 17.0 Å². The van der Waals surface area contributed by atoms with Gasteiger partial charge in [0.05, 0.1) is 5.69 Å². The van der Waals surface area contributed by atoms with Gasteiger partial charge in [0.25, 0.3) is 5.91 Å². The quantitative estimate of drug-likeness (QED) is 0.773. The molecule has 3 aromatic heterocycles. The molecule has 1 amide bonds. The summed E-state index contributed by atoms with van der Waals surface area (Å²) < 4.78 is 4.67. The lowest BCUT2D eigenvalue weighted by Gasteiger charge is -2.11. The van der Waals surface area contributed by atoms with Crippen molar-refractivity contribution in [3.8, 4) is 0 Å². The van der Waals surface area contributed by atoms with E-state index in [1.165, 1.54) is 4.90 Å². The predicted molar refractivity (Wildman–Crippen MR) is 83.8 cm³/mol. The second-order valence-corrected chi connectivity index (χ2v) is 5.42. The number of hydrogen-bond donors (Lipinski definition) is 1. The van der Waals surface area contributed by atoms with Crippen molar-refractivity contribution in [2.45, 2.75) is 13.3 Å². The molecule has 0 fully saturated rings. The Labute approximate surface area is 132 Å². The Morgan fingerprint density at radius 2 is 2.04 bits per heavy atom. The SMILES string of the molecule is Cc1nc2nonc2c(N)c1Cc1cccc(C(=O)N(C)C)n1.